The van der Waals surface area contributed by atoms with E-state index in [9.17, 15) is 9.59 Å². The topological polar surface area (TPSA) is 73.5 Å². The van der Waals surface area contributed by atoms with E-state index in [1.165, 1.54) is 11.1 Å². The number of nitrogens with zero attached hydrogens (tertiary/aromatic N) is 1. The van der Waals surface area contributed by atoms with E-state index < -0.39 is 0 Å². The summed E-state index contributed by atoms with van der Waals surface area (Å²) in [6.45, 7) is 2.10. The van der Waals surface area contributed by atoms with Crippen LogP contribution in [-0.4, -0.2) is 38.5 Å². The van der Waals surface area contributed by atoms with Crippen molar-refractivity contribution in [3.8, 4) is 0 Å². The zero-order valence-electron chi connectivity index (χ0n) is 16.2. The van der Waals surface area contributed by atoms with E-state index in [0.29, 0.717) is 30.8 Å². The molecular formula is C21H26Cl2N4O2. The Morgan fingerprint density at radius 3 is 2.79 bits per heavy atom. The first-order valence-electron chi connectivity index (χ1n) is 9.36. The molecule has 6 nitrogen and oxygen atoms in total. The van der Waals surface area contributed by atoms with Crippen molar-refractivity contribution in [1.82, 2.24) is 10.6 Å². The van der Waals surface area contributed by atoms with Gasteiger partial charge in [-0.25, -0.2) is 0 Å². The monoisotopic (exact) mass is 436 g/mol. The maximum absolute atomic E-state index is 12.7. The van der Waals surface area contributed by atoms with E-state index in [0.717, 1.165) is 18.7 Å². The Labute approximate surface area is 183 Å². The van der Waals surface area contributed by atoms with E-state index in [4.69, 9.17) is 0 Å². The lowest BCUT2D eigenvalue weighted by molar-refractivity contribution is -0.115. The number of fused-ring (bicyclic) bond motifs is 2. The molecule has 0 saturated carbocycles. The molecule has 0 fully saturated rings. The summed E-state index contributed by atoms with van der Waals surface area (Å²) < 4.78 is 0. The van der Waals surface area contributed by atoms with Crippen molar-refractivity contribution < 1.29 is 9.59 Å². The summed E-state index contributed by atoms with van der Waals surface area (Å²) in [7, 11) is 1.95. The third-order valence-electron chi connectivity index (χ3n) is 5.30. The van der Waals surface area contributed by atoms with Crippen LogP contribution < -0.4 is 20.9 Å². The number of nitrogens with one attached hydrogen (secondary N) is 3. The number of carbonyl (C=O) groups is 2. The number of anilines is 2. The van der Waals surface area contributed by atoms with Crippen LogP contribution in [0.4, 0.5) is 11.4 Å². The minimum Gasteiger partial charge on any atom is -0.372 e. The summed E-state index contributed by atoms with van der Waals surface area (Å²) >= 11 is 0. The molecule has 3 N–H and O–H groups in total. The maximum Gasteiger partial charge on any atom is 0.251 e. The second-order valence-corrected chi connectivity index (χ2v) is 7.12. The molecule has 0 bridgehead atoms. The van der Waals surface area contributed by atoms with Crippen molar-refractivity contribution in [3.05, 3.63) is 59.2 Å². The molecule has 1 unspecified atom stereocenters. The maximum atomic E-state index is 12.7. The minimum atomic E-state index is -0.135. The third-order valence-corrected chi connectivity index (χ3v) is 5.30. The molecule has 0 saturated heterocycles. The van der Waals surface area contributed by atoms with E-state index in [2.05, 4.69) is 34.1 Å². The Balaban J connectivity index is 0.00000150. The first-order valence-corrected chi connectivity index (χ1v) is 9.36. The molecule has 2 aliphatic rings. The molecule has 2 aromatic carbocycles. The summed E-state index contributed by atoms with van der Waals surface area (Å²) in [6.07, 6.45) is 1.46. The minimum absolute atomic E-state index is 0. The number of carbonyl (C=O) groups excluding carboxylic acids is 2. The van der Waals surface area contributed by atoms with Crippen LogP contribution in [0, 0.1) is 0 Å². The van der Waals surface area contributed by atoms with Gasteiger partial charge in [0, 0.05) is 38.2 Å². The second kappa shape index (κ2) is 9.96. The Bertz CT molecular complexity index is 891. The molecule has 156 valence electrons. The number of rotatable bonds is 3. The highest BCUT2D eigenvalue weighted by atomic mass is 35.5. The largest absolute Gasteiger partial charge is 0.372 e. The summed E-state index contributed by atoms with van der Waals surface area (Å²) in [4.78, 5) is 26.6. The highest BCUT2D eigenvalue weighted by Crippen LogP contribution is 2.29. The summed E-state index contributed by atoms with van der Waals surface area (Å²) in [6, 6.07) is 13.9. The number of benzene rings is 2. The molecule has 2 aromatic rings. The number of halogens is 2. The smallest absolute Gasteiger partial charge is 0.251 e. The Hall–Kier alpha value is -2.28. The molecule has 0 aromatic heterocycles. The van der Waals surface area contributed by atoms with Crippen molar-refractivity contribution in [3.63, 3.8) is 0 Å². The van der Waals surface area contributed by atoms with Crippen LogP contribution in [0.25, 0.3) is 0 Å². The molecule has 2 aliphatic heterocycles. The fourth-order valence-electron chi connectivity index (χ4n) is 3.78. The average molecular weight is 437 g/mol. The second-order valence-electron chi connectivity index (χ2n) is 7.12. The van der Waals surface area contributed by atoms with Crippen molar-refractivity contribution >= 4 is 48.0 Å². The van der Waals surface area contributed by atoms with E-state index in [-0.39, 0.29) is 42.7 Å². The Kier molecular flexibility index (Phi) is 7.90. The fourth-order valence-corrected chi connectivity index (χ4v) is 3.78. The van der Waals surface area contributed by atoms with Gasteiger partial charge in [-0.05, 0) is 42.3 Å². The van der Waals surface area contributed by atoms with Crippen molar-refractivity contribution in [1.29, 1.82) is 0 Å². The van der Waals surface area contributed by atoms with Gasteiger partial charge in [0.1, 0.15) is 0 Å². The van der Waals surface area contributed by atoms with Crippen LogP contribution >= 0.6 is 24.8 Å². The van der Waals surface area contributed by atoms with Crippen molar-refractivity contribution in [2.75, 3.05) is 36.9 Å². The molecular weight excluding hydrogens is 411 g/mol. The van der Waals surface area contributed by atoms with Gasteiger partial charge in [-0.3, -0.25) is 9.59 Å². The van der Waals surface area contributed by atoms with Crippen LogP contribution in [0.15, 0.2) is 42.5 Å². The molecule has 2 heterocycles. The molecule has 1 atom stereocenters. The lowest BCUT2D eigenvalue weighted by atomic mass is 9.94. The third kappa shape index (κ3) is 5.01. The zero-order chi connectivity index (χ0) is 18.8. The molecule has 2 amide bonds. The van der Waals surface area contributed by atoms with Crippen molar-refractivity contribution in [2.45, 2.75) is 18.9 Å². The molecule has 0 radical (unpaired) electrons. The van der Waals surface area contributed by atoms with Crippen LogP contribution in [0.1, 0.15) is 33.9 Å². The standard InChI is InChI=1S/C21H24N4O2.2ClH/c1-25-11-9-20(26)24-17-12-15(6-7-19(17)25)21(27)23-13-18-16-5-3-2-4-14(16)8-10-22-18;;/h2-7,12,18,22H,8-11,13H2,1H3,(H,23,27)(H,24,26);2*1H. The van der Waals surface area contributed by atoms with Gasteiger partial charge in [0.2, 0.25) is 5.91 Å². The molecule has 0 spiro atoms. The van der Waals surface area contributed by atoms with Gasteiger partial charge in [-0.2, -0.15) is 0 Å². The van der Waals surface area contributed by atoms with E-state index in [1.807, 2.05) is 30.1 Å². The molecule has 4 rings (SSSR count). The lowest BCUT2D eigenvalue weighted by Crippen LogP contribution is -2.38. The number of hydrogen-bond donors (Lipinski definition) is 3. The highest BCUT2D eigenvalue weighted by Gasteiger charge is 2.21. The number of amides is 2. The summed E-state index contributed by atoms with van der Waals surface area (Å²) in [5.41, 5.74) is 4.76. The predicted molar refractivity (Wildman–Crippen MR) is 121 cm³/mol. The van der Waals surface area contributed by atoms with Crippen molar-refractivity contribution in [2.24, 2.45) is 0 Å². The summed E-state index contributed by atoms with van der Waals surface area (Å²) in [5, 5.41) is 9.39. The van der Waals surface area contributed by atoms with Crippen LogP contribution in [-0.2, 0) is 11.2 Å². The average Bonchev–Trinajstić information content (AvgIpc) is 2.83. The molecule has 8 heteroatoms. The van der Waals surface area contributed by atoms with Crippen LogP contribution in [0.5, 0.6) is 0 Å². The van der Waals surface area contributed by atoms with Gasteiger partial charge in [-0.15, -0.1) is 24.8 Å². The fraction of sp³-hybridized carbons (Fsp3) is 0.333. The first-order chi connectivity index (χ1) is 13.1. The quantitative estimate of drug-likeness (QED) is 0.691. The normalized spacial score (nSPS) is 17.5. The van der Waals surface area contributed by atoms with Crippen LogP contribution in [0.3, 0.4) is 0 Å². The molecule has 0 aliphatic carbocycles. The predicted octanol–water partition coefficient (Wildman–Crippen LogP) is 2.93. The molecule has 29 heavy (non-hydrogen) atoms. The van der Waals surface area contributed by atoms with Gasteiger partial charge in [0.15, 0.2) is 0 Å². The van der Waals surface area contributed by atoms with Crippen LogP contribution in [0.2, 0.25) is 0 Å². The van der Waals surface area contributed by atoms with Gasteiger partial charge >= 0.3 is 0 Å². The van der Waals surface area contributed by atoms with Gasteiger partial charge < -0.3 is 20.9 Å². The summed E-state index contributed by atoms with van der Waals surface area (Å²) in [5.74, 6) is -0.162. The van der Waals surface area contributed by atoms with E-state index in [1.54, 1.807) is 6.07 Å². The SMILES string of the molecule is CN1CCC(=O)Nc2cc(C(=O)NCC3NCCc4ccccc43)ccc21.Cl.Cl. The Morgan fingerprint density at radius 2 is 1.97 bits per heavy atom. The van der Waals surface area contributed by atoms with Gasteiger partial charge in [0.25, 0.3) is 5.91 Å². The first kappa shape index (κ1) is 23.0. The van der Waals surface area contributed by atoms with Gasteiger partial charge in [0.05, 0.1) is 11.4 Å². The lowest BCUT2D eigenvalue weighted by Gasteiger charge is -2.27. The Morgan fingerprint density at radius 1 is 1.17 bits per heavy atom. The number of hydrogen-bond acceptors (Lipinski definition) is 4. The highest BCUT2D eigenvalue weighted by molar-refractivity contribution is 6.00. The zero-order valence-corrected chi connectivity index (χ0v) is 17.9. The van der Waals surface area contributed by atoms with Gasteiger partial charge in [-0.1, -0.05) is 24.3 Å². The van der Waals surface area contributed by atoms with E-state index >= 15 is 0 Å².